The number of aryl methyl sites for hydroxylation is 1. The van der Waals surface area contributed by atoms with Crippen LogP contribution < -0.4 is 4.74 Å². The van der Waals surface area contributed by atoms with Gasteiger partial charge in [-0.15, -0.1) is 0 Å². The lowest BCUT2D eigenvalue weighted by molar-refractivity contribution is 0.0767. The van der Waals surface area contributed by atoms with Crippen molar-refractivity contribution in [1.29, 1.82) is 0 Å². The number of ether oxygens (including phenoxy) is 1. The van der Waals surface area contributed by atoms with Crippen molar-refractivity contribution in [2.45, 2.75) is 26.2 Å². The molecule has 3 rings (SSSR count). The van der Waals surface area contributed by atoms with E-state index in [4.69, 9.17) is 4.74 Å². The number of aromatic nitrogens is 1. The Hall–Kier alpha value is -2.56. The number of Topliss-reactive ketones (excluding diaryl/α,β-unsaturated/α-hetero) is 1. The van der Waals surface area contributed by atoms with Crippen LogP contribution in [-0.2, 0) is 6.42 Å². The molecule has 0 unspecified atom stereocenters. The molecule has 1 aliphatic rings. The first-order valence-corrected chi connectivity index (χ1v) is 8.26. The van der Waals surface area contributed by atoms with Crippen LogP contribution in [0.3, 0.4) is 0 Å². The highest BCUT2D eigenvalue weighted by Crippen LogP contribution is 2.27. The highest BCUT2D eigenvalue weighted by Gasteiger charge is 2.27. The molecular formula is C19H22N2O3. The Morgan fingerprint density at radius 3 is 2.71 bits per heavy atom. The molecule has 2 aromatic rings. The van der Waals surface area contributed by atoms with E-state index in [1.165, 1.54) is 0 Å². The molecule has 1 N–H and O–H groups in total. The zero-order chi connectivity index (χ0) is 17.1. The number of carbonyl (C=O) groups is 2. The predicted molar refractivity (Wildman–Crippen MR) is 91.7 cm³/mol. The Morgan fingerprint density at radius 1 is 1.25 bits per heavy atom. The maximum absolute atomic E-state index is 12.7. The summed E-state index contributed by atoms with van der Waals surface area (Å²) in [5, 5.41) is 0. The van der Waals surface area contributed by atoms with Gasteiger partial charge in [-0.3, -0.25) is 9.59 Å². The van der Waals surface area contributed by atoms with Gasteiger partial charge in [0.05, 0.1) is 6.54 Å². The summed E-state index contributed by atoms with van der Waals surface area (Å²) in [5.41, 5.74) is 2.92. The number of benzene rings is 1. The van der Waals surface area contributed by atoms with E-state index in [0.29, 0.717) is 25.3 Å². The summed E-state index contributed by atoms with van der Waals surface area (Å²) in [7, 11) is 1.75. The molecule has 1 aliphatic carbocycles. The number of nitrogens with zero attached hydrogens (tertiary/aromatic N) is 1. The molecule has 1 heterocycles. The smallest absolute Gasteiger partial charge is 0.270 e. The number of carbonyl (C=O) groups excluding carboxylic acids is 2. The quantitative estimate of drug-likeness (QED) is 0.919. The van der Waals surface area contributed by atoms with Crippen LogP contribution in [0.5, 0.6) is 5.75 Å². The van der Waals surface area contributed by atoms with Crippen molar-refractivity contribution in [3.63, 3.8) is 0 Å². The van der Waals surface area contributed by atoms with Gasteiger partial charge in [-0.05, 0) is 37.5 Å². The van der Waals surface area contributed by atoms with Crippen molar-refractivity contribution in [2.24, 2.45) is 0 Å². The number of para-hydroxylation sites is 1. The minimum Gasteiger partial charge on any atom is -0.492 e. The molecule has 0 bridgehead atoms. The van der Waals surface area contributed by atoms with Gasteiger partial charge >= 0.3 is 0 Å². The fourth-order valence-electron chi connectivity index (χ4n) is 3.10. The SMILES string of the molecule is Cc1c(C(=O)N(C)CCOc2ccccc2)[nH]c2c1C(=O)CCC2. The second-order valence-corrected chi connectivity index (χ2v) is 6.14. The Morgan fingerprint density at radius 2 is 2.00 bits per heavy atom. The third-order valence-electron chi connectivity index (χ3n) is 4.44. The minimum atomic E-state index is -0.105. The zero-order valence-electron chi connectivity index (χ0n) is 14.1. The summed E-state index contributed by atoms with van der Waals surface area (Å²) >= 11 is 0. The van der Waals surface area contributed by atoms with Crippen molar-refractivity contribution in [2.75, 3.05) is 20.2 Å². The molecule has 0 atom stereocenters. The number of nitrogens with one attached hydrogen (secondary N) is 1. The van der Waals surface area contributed by atoms with E-state index < -0.39 is 0 Å². The van der Waals surface area contributed by atoms with Gasteiger partial charge in [-0.2, -0.15) is 0 Å². The molecule has 0 fully saturated rings. The summed E-state index contributed by atoms with van der Waals surface area (Å²) in [6.07, 6.45) is 2.25. The van der Waals surface area contributed by atoms with Gasteiger partial charge in [0.25, 0.3) is 5.91 Å². The van der Waals surface area contributed by atoms with Crippen molar-refractivity contribution < 1.29 is 14.3 Å². The third kappa shape index (κ3) is 3.20. The largest absolute Gasteiger partial charge is 0.492 e. The Bertz CT molecular complexity index is 749. The number of amides is 1. The monoisotopic (exact) mass is 326 g/mol. The third-order valence-corrected chi connectivity index (χ3v) is 4.44. The molecular weight excluding hydrogens is 304 g/mol. The molecule has 1 amide bonds. The van der Waals surface area contributed by atoms with Gasteiger partial charge in [0.1, 0.15) is 18.1 Å². The number of likely N-dealkylation sites (N-methyl/N-ethyl adjacent to an activating group) is 1. The fraction of sp³-hybridized carbons (Fsp3) is 0.368. The Labute approximate surface area is 141 Å². The summed E-state index contributed by atoms with van der Waals surface area (Å²) in [4.78, 5) is 29.5. The minimum absolute atomic E-state index is 0.105. The number of fused-ring (bicyclic) bond motifs is 1. The van der Waals surface area contributed by atoms with Crippen LogP contribution in [0.25, 0.3) is 0 Å². The van der Waals surface area contributed by atoms with E-state index in [-0.39, 0.29) is 11.7 Å². The van der Waals surface area contributed by atoms with Gasteiger partial charge < -0.3 is 14.6 Å². The predicted octanol–water partition coefficient (Wildman–Crippen LogP) is 2.99. The molecule has 0 spiro atoms. The van der Waals surface area contributed by atoms with E-state index in [2.05, 4.69) is 4.98 Å². The lowest BCUT2D eigenvalue weighted by atomic mass is 9.94. The topological polar surface area (TPSA) is 62.4 Å². The highest BCUT2D eigenvalue weighted by atomic mass is 16.5. The fourth-order valence-corrected chi connectivity index (χ4v) is 3.10. The van der Waals surface area contributed by atoms with Crippen molar-refractivity contribution in [3.05, 3.63) is 52.8 Å². The summed E-state index contributed by atoms with van der Waals surface area (Å²) in [6, 6.07) is 9.52. The maximum Gasteiger partial charge on any atom is 0.270 e. The summed E-state index contributed by atoms with van der Waals surface area (Å²) in [6.45, 7) is 2.75. The molecule has 0 aliphatic heterocycles. The average molecular weight is 326 g/mol. The average Bonchev–Trinajstić information content (AvgIpc) is 2.93. The molecule has 0 radical (unpaired) electrons. The molecule has 5 nitrogen and oxygen atoms in total. The Kier molecular flexibility index (Phi) is 4.69. The lowest BCUT2D eigenvalue weighted by Gasteiger charge is -2.17. The zero-order valence-corrected chi connectivity index (χ0v) is 14.1. The van der Waals surface area contributed by atoms with Crippen LogP contribution in [0, 0.1) is 6.92 Å². The van der Waals surface area contributed by atoms with Gasteiger partial charge in [0.2, 0.25) is 0 Å². The van der Waals surface area contributed by atoms with Gasteiger partial charge in [-0.1, -0.05) is 18.2 Å². The van der Waals surface area contributed by atoms with Crippen LogP contribution in [0.15, 0.2) is 30.3 Å². The van der Waals surface area contributed by atoms with E-state index >= 15 is 0 Å². The van der Waals surface area contributed by atoms with Crippen molar-refractivity contribution in [3.8, 4) is 5.75 Å². The van der Waals surface area contributed by atoms with Gasteiger partial charge in [0.15, 0.2) is 5.78 Å². The normalized spacial score (nSPS) is 13.5. The second-order valence-electron chi connectivity index (χ2n) is 6.14. The number of hydrogen-bond acceptors (Lipinski definition) is 3. The van der Waals surface area contributed by atoms with E-state index in [9.17, 15) is 9.59 Å². The van der Waals surface area contributed by atoms with Crippen molar-refractivity contribution >= 4 is 11.7 Å². The molecule has 1 aromatic heterocycles. The summed E-state index contributed by atoms with van der Waals surface area (Å²) in [5.74, 6) is 0.820. The second kappa shape index (κ2) is 6.91. The first-order chi connectivity index (χ1) is 11.6. The molecule has 0 saturated carbocycles. The Balaban J connectivity index is 1.65. The van der Waals surface area contributed by atoms with Gasteiger partial charge in [-0.25, -0.2) is 0 Å². The number of aromatic amines is 1. The number of ketones is 1. The molecule has 126 valence electrons. The van der Waals surface area contributed by atoms with Crippen molar-refractivity contribution in [1.82, 2.24) is 9.88 Å². The molecule has 5 heteroatoms. The maximum atomic E-state index is 12.7. The first kappa shape index (κ1) is 16.3. The van der Waals surface area contributed by atoms with Crippen LogP contribution in [0.4, 0.5) is 0 Å². The van der Waals surface area contributed by atoms with Gasteiger partial charge in [0, 0.05) is 24.7 Å². The summed E-state index contributed by atoms with van der Waals surface area (Å²) < 4.78 is 5.63. The lowest BCUT2D eigenvalue weighted by Crippen LogP contribution is -2.31. The molecule has 0 saturated heterocycles. The molecule has 1 aromatic carbocycles. The molecule has 24 heavy (non-hydrogen) atoms. The van der Waals surface area contributed by atoms with E-state index in [0.717, 1.165) is 35.4 Å². The van der Waals surface area contributed by atoms with Crippen LogP contribution >= 0.6 is 0 Å². The highest BCUT2D eigenvalue weighted by molar-refractivity contribution is 6.04. The van der Waals surface area contributed by atoms with Crippen LogP contribution in [0.2, 0.25) is 0 Å². The van der Waals surface area contributed by atoms with Crippen LogP contribution in [-0.4, -0.2) is 41.8 Å². The first-order valence-electron chi connectivity index (χ1n) is 8.26. The van der Waals surface area contributed by atoms with E-state index in [1.54, 1.807) is 11.9 Å². The van der Waals surface area contributed by atoms with E-state index in [1.807, 2.05) is 37.3 Å². The number of hydrogen-bond donors (Lipinski definition) is 1. The number of H-pyrrole nitrogens is 1. The number of rotatable bonds is 5. The van der Waals surface area contributed by atoms with Crippen LogP contribution in [0.1, 0.15) is 44.9 Å². The standard InChI is InChI=1S/C19H22N2O3/c1-13-17-15(9-6-10-16(17)22)20-18(13)19(23)21(2)11-12-24-14-7-4-3-5-8-14/h3-5,7-8,20H,6,9-12H2,1-2H3.